The highest BCUT2D eigenvalue weighted by molar-refractivity contribution is 5.42. The van der Waals surface area contributed by atoms with Crippen LogP contribution in [0.5, 0.6) is 0 Å². The molecule has 0 amide bonds. The number of aliphatic hydroxyl groups excluding tert-OH is 2. The number of aliphatic hydroxyl groups is 2. The minimum absolute atomic E-state index is 0.0447. The molecule has 0 bridgehead atoms. The SMILES string of the molecule is CC1=CC2NC3C(=C(O)N=NC3O)NC2C([N+](=O)[O-])=C1C. The predicted octanol–water partition coefficient (Wildman–Crippen LogP) is 0.307. The maximum absolute atomic E-state index is 11.4. The van der Waals surface area contributed by atoms with Gasteiger partial charge in [0.25, 0.3) is 11.6 Å². The summed E-state index contributed by atoms with van der Waals surface area (Å²) < 4.78 is 0. The van der Waals surface area contributed by atoms with Crippen molar-refractivity contribution in [1.82, 2.24) is 10.6 Å². The van der Waals surface area contributed by atoms with E-state index in [1.807, 2.05) is 6.08 Å². The van der Waals surface area contributed by atoms with E-state index in [4.69, 9.17) is 0 Å². The maximum Gasteiger partial charge on any atom is 0.273 e. The van der Waals surface area contributed by atoms with Crippen LogP contribution in [0.3, 0.4) is 0 Å². The second-order valence-corrected chi connectivity index (χ2v) is 5.28. The Kier molecular flexibility index (Phi) is 3.03. The van der Waals surface area contributed by atoms with Gasteiger partial charge in [-0.25, -0.2) is 0 Å². The van der Waals surface area contributed by atoms with Crippen LogP contribution in [0.2, 0.25) is 0 Å². The molecule has 9 nitrogen and oxygen atoms in total. The van der Waals surface area contributed by atoms with E-state index in [0.717, 1.165) is 5.57 Å². The molecule has 112 valence electrons. The third-order valence-electron chi connectivity index (χ3n) is 4.06. The first-order valence-electron chi connectivity index (χ1n) is 6.48. The molecule has 1 fully saturated rings. The Hall–Kier alpha value is -2.26. The predicted molar refractivity (Wildman–Crippen MR) is 71.6 cm³/mol. The largest absolute Gasteiger partial charge is 0.491 e. The summed E-state index contributed by atoms with van der Waals surface area (Å²) >= 11 is 0. The fraction of sp³-hybridized carbons (Fsp3) is 0.500. The van der Waals surface area contributed by atoms with Crippen LogP contribution < -0.4 is 10.6 Å². The highest BCUT2D eigenvalue weighted by atomic mass is 16.6. The lowest BCUT2D eigenvalue weighted by molar-refractivity contribution is -0.432. The zero-order valence-electron chi connectivity index (χ0n) is 11.4. The monoisotopic (exact) mass is 293 g/mol. The van der Waals surface area contributed by atoms with Crippen molar-refractivity contribution in [3.05, 3.63) is 44.6 Å². The summed E-state index contributed by atoms with van der Waals surface area (Å²) in [5.41, 5.74) is 1.66. The summed E-state index contributed by atoms with van der Waals surface area (Å²) in [7, 11) is 0. The van der Waals surface area contributed by atoms with Crippen molar-refractivity contribution in [2.45, 2.75) is 38.2 Å². The molecule has 1 saturated heterocycles. The molecule has 0 radical (unpaired) electrons. The van der Waals surface area contributed by atoms with E-state index < -0.39 is 23.2 Å². The molecule has 9 heteroatoms. The van der Waals surface area contributed by atoms with Crippen LogP contribution in [-0.4, -0.2) is 39.5 Å². The second-order valence-electron chi connectivity index (χ2n) is 5.28. The molecule has 4 atom stereocenters. The third kappa shape index (κ3) is 2.01. The van der Waals surface area contributed by atoms with Gasteiger partial charge < -0.3 is 15.5 Å². The first-order chi connectivity index (χ1) is 9.90. The van der Waals surface area contributed by atoms with Crippen molar-refractivity contribution >= 4 is 0 Å². The van der Waals surface area contributed by atoms with Crippen LogP contribution in [0.25, 0.3) is 0 Å². The number of nitrogens with one attached hydrogen (secondary N) is 2. The fourth-order valence-corrected chi connectivity index (χ4v) is 2.87. The molecule has 2 heterocycles. The summed E-state index contributed by atoms with van der Waals surface area (Å²) in [5, 5.41) is 43.9. The number of rotatable bonds is 1. The summed E-state index contributed by atoms with van der Waals surface area (Å²) in [5.74, 6) is -0.372. The van der Waals surface area contributed by atoms with Gasteiger partial charge in [0.1, 0.15) is 12.1 Å². The molecule has 2 aliphatic heterocycles. The molecular weight excluding hydrogens is 278 g/mol. The summed E-state index contributed by atoms with van der Waals surface area (Å²) in [6.45, 7) is 3.49. The molecule has 0 aromatic rings. The van der Waals surface area contributed by atoms with Gasteiger partial charge in [0.2, 0.25) is 0 Å². The highest BCUT2D eigenvalue weighted by Gasteiger charge is 2.46. The minimum atomic E-state index is -1.15. The van der Waals surface area contributed by atoms with E-state index in [2.05, 4.69) is 20.9 Å². The zero-order valence-corrected chi connectivity index (χ0v) is 11.4. The molecule has 21 heavy (non-hydrogen) atoms. The normalized spacial score (nSPS) is 34.9. The van der Waals surface area contributed by atoms with E-state index in [1.165, 1.54) is 0 Å². The van der Waals surface area contributed by atoms with Crippen molar-refractivity contribution in [2.75, 3.05) is 0 Å². The summed E-state index contributed by atoms with van der Waals surface area (Å²) in [6, 6.07) is -1.68. The van der Waals surface area contributed by atoms with Crippen molar-refractivity contribution in [1.29, 1.82) is 0 Å². The lowest BCUT2D eigenvalue weighted by Crippen LogP contribution is -2.64. The van der Waals surface area contributed by atoms with E-state index in [0.29, 0.717) is 5.57 Å². The molecule has 3 rings (SSSR count). The van der Waals surface area contributed by atoms with Gasteiger partial charge in [-0.2, -0.15) is 5.11 Å². The highest BCUT2D eigenvalue weighted by Crippen LogP contribution is 2.31. The summed E-state index contributed by atoms with van der Waals surface area (Å²) in [4.78, 5) is 10.9. The van der Waals surface area contributed by atoms with Crippen LogP contribution in [0.1, 0.15) is 13.8 Å². The second kappa shape index (κ2) is 4.64. The Morgan fingerprint density at radius 2 is 2.10 bits per heavy atom. The smallest absolute Gasteiger partial charge is 0.273 e. The Morgan fingerprint density at radius 3 is 2.76 bits per heavy atom. The van der Waals surface area contributed by atoms with Gasteiger partial charge in [-0.1, -0.05) is 6.08 Å². The molecule has 0 aromatic heterocycles. The lowest BCUT2D eigenvalue weighted by Gasteiger charge is -2.41. The zero-order chi connectivity index (χ0) is 15.3. The van der Waals surface area contributed by atoms with Gasteiger partial charge in [0.05, 0.1) is 16.7 Å². The first-order valence-corrected chi connectivity index (χ1v) is 6.48. The van der Waals surface area contributed by atoms with Gasteiger partial charge in [-0.05, 0) is 19.4 Å². The van der Waals surface area contributed by atoms with Crippen LogP contribution in [0.15, 0.2) is 44.7 Å². The Labute approximate surface area is 119 Å². The molecule has 4 N–H and O–H groups in total. The standard InChI is InChI=1S/C12H15N5O4/c1-4-3-6-7(10(5(4)2)17(20)21)14-9-8(13-6)11(18)15-16-12(9)19/h3,6-8,11,13-14,18-19H,1-2H3. The lowest BCUT2D eigenvalue weighted by atomic mass is 9.86. The summed E-state index contributed by atoms with van der Waals surface area (Å²) in [6.07, 6.45) is 0.718. The number of fused-ring (bicyclic) bond motifs is 2. The number of piperazine rings is 1. The Bertz CT molecular complexity index is 636. The topological polar surface area (TPSA) is 132 Å². The van der Waals surface area contributed by atoms with Crippen molar-refractivity contribution in [3.8, 4) is 0 Å². The van der Waals surface area contributed by atoms with Crippen LogP contribution in [0, 0.1) is 10.1 Å². The first kappa shape index (κ1) is 13.7. The number of allylic oxidation sites excluding steroid dienone is 2. The van der Waals surface area contributed by atoms with Crippen molar-refractivity contribution in [3.63, 3.8) is 0 Å². The molecule has 4 unspecified atom stereocenters. The number of nitro groups is 1. The van der Waals surface area contributed by atoms with Gasteiger partial charge in [0.15, 0.2) is 6.23 Å². The third-order valence-corrected chi connectivity index (χ3v) is 4.06. The number of nitrogens with zero attached hydrogens (tertiary/aromatic N) is 3. The van der Waals surface area contributed by atoms with Crippen LogP contribution in [-0.2, 0) is 0 Å². The van der Waals surface area contributed by atoms with Crippen molar-refractivity contribution in [2.24, 2.45) is 10.2 Å². The Morgan fingerprint density at radius 1 is 1.38 bits per heavy atom. The van der Waals surface area contributed by atoms with Crippen LogP contribution >= 0.6 is 0 Å². The Balaban J connectivity index is 2.04. The molecule has 0 aromatic carbocycles. The number of azo groups is 1. The average molecular weight is 293 g/mol. The van der Waals surface area contributed by atoms with E-state index >= 15 is 0 Å². The minimum Gasteiger partial charge on any atom is -0.491 e. The van der Waals surface area contributed by atoms with E-state index in [1.54, 1.807) is 13.8 Å². The quantitative estimate of drug-likeness (QED) is 0.406. The maximum atomic E-state index is 11.4. The number of hydrogen-bond acceptors (Lipinski definition) is 8. The molecule has 0 saturated carbocycles. The van der Waals surface area contributed by atoms with Crippen LogP contribution in [0.4, 0.5) is 0 Å². The van der Waals surface area contributed by atoms with Crippen molar-refractivity contribution < 1.29 is 15.1 Å². The van der Waals surface area contributed by atoms with Gasteiger partial charge in [0, 0.05) is 5.57 Å². The van der Waals surface area contributed by atoms with E-state index in [-0.39, 0.29) is 23.3 Å². The van der Waals surface area contributed by atoms with Gasteiger partial charge >= 0.3 is 0 Å². The molecule has 3 aliphatic rings. The molecule has 0 spiro atoms. The fourth-order valence-electron chi connectivity index (χ4n) is 2.87. The van der Waals surface area contributed by atoms with E-state index in [9.17, 15) is 20.3 Å². The van der Waals surface area contributed by atoms with Gasteiger partial charge in [-0.3, -0.25) is 15.4 Å². The molecular formula is C12H15N5O4. The van der Waals surface area contributed by atoms with Gasteiger partial charge in [-0.15, -0.1) is 5.11 Å². The number of hydrogen-bond donors (Lipinski definition) is 4. The average Bonchev–Trinajstić information content (AvgIpc) is 2.43. The molecule has 1 aliphatic carbocycles.